The van der Waals surface area contributed by atoms with Crippen LogP contribution in [0.5, 0.6) is 5.75 Å². The summed E-state index contributed by atoms with van der Waals surface area (Å²) in [6.45, 7) is 0.356. The number of carbonyl (C=O) groups excluding carboxylic acids is 1. The maximum atomic E-state index is 12.1. The number of aliphatic hydroxyl groups excluding tert-OH is 1. The molecule has 1 aromatic heterocycles. The minimum absolute atomic E-state index is 0.222. The van der Waals surface area contributed by atoms with Gasteiger partial charge in [-0.25, -0.2) is 0 Å². The molecule has 0 radical (unpaired) electrons. The van der Waals surface area contributed by atoms with Gasteiger partial charge in [-0.15, -0.1) is 0 Å². The predicted molar refractivity (Wildman–Crippen MR) is 81.3 cm³/mol. The zero-order valence-corrected chi connectivity index (χ0v) is 13.1. The molecular weight excluding hydrogens is 338 g/mol. The summed E-state index contributed by atoms with van der Waals surface area (Å²) in [7, 11) is 1.55. The van der Waals surface area contributed by atoms with E-state index >= 15 is 0 Å². The molecular formula is C15H16BrNO4. The number of rotatable bonds is 6. The molecule has 5 nitrogen and oxygen atoms in total. The normalized spacial score (nSPS) is 12.0. The molecule has 0 unspecified atom stereocenters. The van der Waals surface area contributed by atoms with E-state index in [0.29, 0.717) is 34.3 Å². The lowest BCUT2D eigenvalue weighted by Gasteiger charge is -2.11. The number of aliphatic hydroxyl groups is 1. The van der Waals surface area contributed by atoms with Gasteiger partial charge in [0.25, 0.3) is 5.91 Å². The van der Waals surface area contributed by atoms with Crippen LogP contribution in [0.1, 0.15) is 28.4 Å². The average Bonchev–Trinajstić information content (AvgIpc) is 3.01. The van der Waals surface area contributed by atoms with Crippen LogP contribution in [-0.2, 0) is 0 Å². The third-order valence-electron chi connectivity index (χ3n) is 3.05. The van der Waals surface area contributed by atoms with Gasteiger partial charge < -0.3 is 19.6 Å². The van der Waals surface area contributed by atoms with E-state index in [1.165, 1.54) is 12.5 Å². The summed E-state index contributed by atoms with van der Waals surface area (Å²) in [6, 6.07) is 6.88. The molecule has 2 aromatic rings. The van der Waals surface area contributed by atoms with Crippen LogP contribution in [0.4, 0.5) is 0 Å². The summed E-state index contributed by atoms with van der Waals surface area (Å²) in [6.07, 6.45) is 2.75. The molecule has 21 heavy (non-hydrogen) atoms. The first-order chi connectivity index (χ1) is 10.1. The summed E-state index contributed by atoms with van der Waals surface area (Å²) in [5.41, 5.74) is 1.19. The predicted octanol–water partition coefficient (Wildman–Crippen LogP) is 2.90. The topological polar surface area (TPSA) is 71.7 Å². The molecule has 1 amide bonds. The van der Waals surface area contributed by atoms with Crippen molar-refractivity contribution in [2.45, 2.75) is 12.5 Å². The second-order valence-electron chi connectivity index (χ2n) is 4.46. The van der Waals surface area contributed by atoms with Crippen LogP contribution in [0.25, 0.3) is 0 Å². The highest BCUT2D eigenvalue weighted by atomic mass is 79.9. The van der Waals surface area contributed by atoms with Crippen molar-refractivity contribution in [3.63, 3.8) is 0 Å². The van der Waals surface area contributed by atoms with Gasteiger partial charge in [-0.3, -0.25) is 4.79 Å². The maximum absolute atomic E-state index is 12.1. The molecule has 1 aromatic carbocycles. The van der Waals surface area contributed by atoms with Crippen LogP contribution in [-0.4, -0.2) is 24.7 Å². The fourth-order valence-corrected chi connectivity index (χ4v) is 2.28. The van der Waals surface area contributed by atoms with Gasteiger partial charge in [-0.1, -0.05) is 0 Å². The van der Waals surface area contributed by atoms with Crippen molar-refractivity contribution in [2.75, 3.05) is 13.7 Å². The van der Waals surface area contributed by atoms with E-state index in [0.717, 1.165) is 0 Å². The van der Waals surface area contributed by atoms with Crippen molar-refractivity contribution in [3.8, 4) is 5.75 Å². The van der Waals surface area contributed by atoms with Gasteiger partial charge in [0, 0.05) is 16.6 Å². The standard InChI is InChI=1S/C15H16BrNO4/c1-20-11-2-3-13(16)12(8-11)15(19)17-6-4-14(18)10-5-7-21-9-10/h2-3,5,7-9,14,18H,4,6H2,1H3,(H,17,19)/t14-/m1/s1. The highest BCUT2D eigenvalue weighted by Crippen LogP contribution is 2.22. The molecule has 0 fully saturated rings. The van der Waals surface area contributed by atoms with E-state index < -0.39 is 6.10 Å². The number of hydrogen-bond donors (Lipinski definition) is 2. The van der Waals surface area contributed by atoms with Crippen LogP contribution in [0.2, 0.25) is 0 Å². The zero-order valence-electron chi connectivity index (χ0n) is 11.5. The summed E-state index contributed by atoms with van der Waals surface area (Å²) in [5, 5.41) is 12.7. The maximum Gasteiger partial charge on any atom is 0.252 e. The summed E-state index contributed by atoms with van der Waals surface area (Å²) in [4.78, 5) is 12.1. The van der Waals surface area contributed by atoms with Crippen molar-refractivity contribution in [2.24, 2.45) is 0 Å². The first kappa shape index (κ1) is 15.6. The minimum atomic E-state index is -0.655. The molecule has 0 aliphatic rings. The molecule has 2 rings (SSSR count). The molecule has 0 bridgehead atoms. The molecule has 1 heterocycles. The van der Waals surface area contributed by atoms with Crippen LogP contribution in [0, 0.1) is 0 Å². The lowest BCUT2D eigenvalue weighted by Crippen LogP contribution is -2.26. The SMILES string of the molecule is COc1ccc(Br)c(C(=O)NCC[C@@H](O)c2ccoc2)c1. The van der Waals surface area contributed by atoms with Crippen molar-refractivity contribution >= 4 is 21.8 Å². The molecule has 112 valence electrons. The summed E-state index contributed by atoms with van der Waals surface area (Å²) >= 11 is 3.33. The first-order valence-electron chi connectivity index (χ1n) is 6.43. The largest absolute Gasteiger partial charge is 0.497 e. The fraction of sp³-hybridized carbons (Fsp3) is 0.267. The molecule has 0 saturated heterocycles. The van der Waals surface area contributed by atoms with E-state index in [4.69, 9.17) is 9.15 Å². The zero-order chi connectivity index (χ0) is 15.2. The van der Waals surface area contributed by atoms with E-state index in [2.05, 4.69) is 21.2 Å². The van der Waals surface area contributed by atoms with Crippen molar-refractivity contribution in [1.82, 2.24) is 5.32 Å². The van der Waals surface area contributed by atoms with Gasteiger partial charge in [-0.05, 0) is 46.6 Å². The van der Waals surface area contributed by atoms with E-state index in [1.807, 2.05) is 0 Å². The Balaban J connectivity index is 1.90. The van der Waals surface area contributed by atoms with Crippen LogP contribution in [0.15, 0.2) is 45.7 Å². The number of ether oxygens (including phenoxy) is 1. The van der Waals surface area contributed by atoms with E-state index in [9.17, 15) is 9.90 Å². The number of hydrogen-bond acceptors (Lipinski definition) is 4. The number of halogens is 1. The Morgan fingerprint density at radius 3 is 2.95 bits per heavy atom. The van der Waals surface area contributed by atoms with E-state index in [1.54, 1.807) is 31.4 Å². The second-order valence-corrected chi connectivity index (χ2v) is 5.32. The highest BCUT2D eigenvalue weighted by molar-refractivity contribution is 9.10. The minimum Gasteiger partial charge on any atom is -0.497 e. The van der Waals surface area contributed by atoms with Gasteiger partial charge in [0.2, 0.25) is 0 Å². The molecule has 0 saturated carbocycles. The molecule has 2 N–H and O–H groups in total. The van der Waals surface area contributed by atoms with Gasteiger partial charge >= 0.3 is 0 Å². The lowest BCUT2D eigenvalue weighted by molar-refractivity contribution is 0.0941. The smallest absolute Gasteiger partial charge is 0.252 e. The van der Waals surface area contributed by atoms with Gasteiger partial charge in [0.05, 0.1) is 31.3 Å². The molecule has 1 atom stereocenters. The molecule has 0 spiro atoms. The van der Waals surface area contributed by atoms with Crippen LogP contribution in [0.3, 0.4) is 0 Å². The van der Waals surface area contributed by atoms with Crippen molar-refractivity contribution < 1.29 is 19.1 Å². The van der Waals surface area contributed by atoms with E-state index in [-0.39, 0.29) is 5.91 Å². The van der Waals surface area contributed by atoms with Gasteiger partial charge in [0.15, 0.2) is 0 Å². The Kier molecular flexibility index (Phi) is 5.41. The average molecular weight is 354 g/mol. The molecule has 6 heteroatoms. The fourth-order valence-electron chi connectivity index (χ4n) is 1.85. The Bertz CT molecular complexity index is 598. The van der Waals surface area contributed by atoms with Crippen molar-refractivity contribution in [1.29, 1.82) is 0 Å². The third-order valence-corrected chi connectivity index (χ3v) is 3.74. The number of nitrogens with one attached hydrogen (secondary N) is 1. The Hall–Kier alpha value is -1.79. The number of furan rings is 1. The molecule has 0 aliphatic carbocycles. The van der Waals surface area contributed by atoms with Crippen LogP contribution >= 0.6 is 15.9 Å². The second kappa shape index (κ2) is 7.28. The number of amides is 1. The Morgan fingerprint density at radius 2 is 2.29 bits per heavy atom. The Morgan fingerprint density at radius 1 is 1.48 bits per heavy atom. The highest BCUT2D eigenvalue weighted by Gasteiger charge is 2.13. The Labute approximate surface area is 131 Å². The third kappa shape index (κ3) is 4.09. The van der Waals surface area contributed by atoms with Crippen LogP contribution < -0.4 is 10.1 Å². The number of methoxy groups -OCH3 is 1. The monoisotopic (exact) mass is 353 g/mol. The first-order valence-corrected chi connectivity index (χ1v) is 7.23. The number of carbonyl (C=O) groups is 1. The van der Waals surface area contributed by atoms with Gasteiger partial charge in [0.1, 0.15) is 5.75 Å². The number of benzene rings is 1. The summed E-state index contributed by atoms with van der Waals surface area (Å²) in [5.74, 6) is 0.391. The molecule has 0 aliphatic heterocycles. The van der Waals surface area contributed by atoms with Crippen molar-refractivity contribution in [3.05, 3.63) is 52.4 Å². The quantitative estimate of drug-likeness (QED) is 0.837. The summed E-state index contributed by atoms with van der Waals surface area (Å²) < 4.78 is 10.7. The van der Waals surface area contributed by atoms with Gasteiger partial charge in [-0.2, -0.15) is 0 Å². The lowest BCUT2D eigenvalue weighted by atomic mass is 10.1.